The fourth-order valence-corrected chi connectivity index (χ4v) is 2.91. The van der Waals surface area contributed by atoms with Gasteiger partial charge in [-0.2, -0.15) is 0 Å². The number of benzene rings is 3. The zero-order chi connectivity index (χ0) is 11.4. The van der Waals surface area contributed by atoms with E-state index in [2.05, 4.69) is 62.4 Å². The molecule has 78 valence electrons. The second-order valence-corrected chi connectivity index (χ2v) is 4.76. The Morgan fingerprint density at radius 1 is 0.647 bits per heavy atom. The molecule has 1 aliphatic carbocycles. The first kappa shape index (κ1) is 9.06. The van der Waals surface area contributed by atoms with Crippen molar-refractivity contribution in [2.24, 2.45) is 0 Å². The smallest absolute Gasteiger partial charge is 0.0883 e. The Morgan fingerprint density at radius 2 is 1.35 bits per heavy atom. The second-order valence-electron chi connectivity index (χ2n) is 4.76. The molecule has 0 unspecified atom stereocenters. The van der Waals surface area contributed by atoms with Crippen LogP contribution in [0.1, 0.15) is 0 Å². The molecule has 3 aromatic rings. The first-order valence-electron chi connectivity index (χ1n) is 5.98. The molecule has 0 fully saturated rings. The molecule has 3 aromatic carbocycles. The SMILES string of the molecule is Bc1ccc2c(c1)-c1cccc3cccc-2c13. The van der Waals surface area contributed by atoms with Crippen molar-refractivity contribution >= 4 is 24.1 Å². The third-order valence-corrected chi connectivity index (χ3v) is 3.66. The lowest BCUT2D eigenvalue weighted by Gasteiger charge is -2.02. The van der Waals surface area contributed by atoms with Crippen molar-refractivity contribution < 1.29 is 0 Å². The molecule has 0 nitrogen and oxygen atoms in total. The molecule has 0 saturated carbocycles. The molecule has 0 aromatic heterocycles. The van der Waals surface area contributed by atoms with Gasteiger partial charge in [-0.3, -0.25) is 0 Å². The molecule has 1 heteroatoms. The summed E-state index contributed by atoms with van der Waals surface area (Å²) in [6.07, 6.45) is 0. The van der Waals surface area contributed by atoms with Crippen LogP contribution in [0.25, 0.3) is 33.0 Å². The predicted molar refractivity (Wildman–Crippen MR) is 76.6 cm³/mol. The number of hydrogen-bond donors (Lipinski definition) is 0. The summed E-state index contributed by atoms with van der Waals surface area (Å²) in [4.78, 5) is 0. The predicted octanol–water partition coefficient (Wildman–Crippen LogP) is 2.75. The first-order valence-corrected chi connectivity index (χ1v) is 5.98. The highest BCUT2D eigenvalue weighted by atomic mass is 14.2. The fourth-order valence-electron chi connectivity index (χ4n) is 2.91. The van der Waals surface area contributed by atoms with Crippen molar-refractivity contribution in [3.63, 3.8) is 0 Å². The molecule has 0 saturated heterocycles. The summed E-state index contributed by atoms with van der Waals surface area (Å²) in [5, 5.41) is 2.75. The topological polar surface area (TPSA) is 0 Å². The Balaban J connectivity index is 2.26. The summed E-state index contributed by atoms with van der Waals surface area (Å²) in [7, 11) is 2.16. The molecule has 0 N–H and O–H groups in total. The fraction of sp³-hybridized carbons (Fsp3) is 0. The van der Waals surface area contributed by atoms with Crippen molar-refractivity contribution in [3.8, 4) is 22.3 Å². The molecular weight excluding hydrogens is 203 g/mol. The molecule has 0 amide bonds. The van der Waals surface area contributed by atoms with Crippen LogP contribution < -0.4 is 5.46 Å². The lowest BCUT2D eigenvalue weighted by molar-refractivity contribution is 1.74. The van der Waals surface area contributed by atoms with Gasteiger partial charge >= 0.3 is 0 Å². The zero-order valence-corrected chi connectivity index (χ0v) is 9.70. The van der Waals surface area contributed by atoms with Crippen molar-refractivity contribution in [1.29, 1.82) is 0 Å². The van der Waals surface area contributed by atoms with Crippen LogP contribution in [0.2, 0.25) is 0 Å². The Kier molecular flexibility index (Phi) is 1.60. The van der Waals surface area contributed by atoms with Gasteiger partial charge in [0.05, 0.1) is 0 Å². The third-order valence-electron chi connectivity index (χ3n) is 3.66. The van der Waals surface area contributed by atoms with Gasteiger partial charge in [-0.1, -0.05) is 60.1 Å². The highest BCUT2D eigenvalue weighted by Crippen LogP contribution is 2.46. The Bertz CT molecular complexity index is 751. The summed E-state index contributed by atoms with van der Waals surface area (Å²) < 4.78 is 0. The first-order chi connectivity index (χ1) is 8.34. The van der Waals surface area contributed by atoms with Crippen molar-refractivity contribution in [2.45, 2.75) is 0 Å². The standard InChI is InChI=1S/C16H11B/c17-11-7-8-12-13-5-1-3-10-4-2-6-14(16(10)13)15(12)9-11/h1-9H,17H2. The highest BCUT2D eigenvalue weighted by molar-refractivity contribution is 6.33. The maximum absolute atomic E-state index is 2.30. The van der Waals surface area contributed by atoms with Gasteiger partial charge in [-0.05, 0) is 33.0 Å². The largest absolute Gasteiger partial charge is 0.139 e. The quantitative estimate of drug-likeness (QED) is 0.395. The molecule has 0 spiro atoms. The van der Waals surface area contributed by atoms with Crippen LogP contribution in [0, 0.1) is 0 Å². The average molecular weight is 214 g/mol. The van der Waals surface area contributed by atoms with E-state index in [1.165, 1.54) is 38.5 Å². The number of hydrogen-bond acceptors (Lipinski definition) is 0. The van der Waals surface area contributed by atoms with Gasteiger partial charge in [0.1, 0.15) is 7.85 Å². The van der Waals surface area contributed by atoms with Gasteiger partial charge in [0.2, 0.25) is 0 Å². The van der Waals surface area contributed by atoms with Crippen molar-refractivity contribution in [3.05, 3.63) is 54.6 Å². The average Bonchev–Trinajstić information content (AvgIpc) is 2.67. The minimum atomic E-state index is 1.33. The van der Waals surface area contributed by atoms with Gasteiger partial charge in [0.25, 0.3) is 0 Å². The summed E-state index contributed by atoms with van der Waals surface area (Å²) in [5.41, 5.74) is 6.86. The molecule has 0 atom stereocenters. The minimum absolute atomic E-state index is 1.33. The molecular formula is C16H11B. The van der Waals surface area contributed by atoms with E-state index in [0.29, 0.717) is 0 Å². The molecule has 0 heterocycles. The molecule has 0 bridgehead atoms. The van der Waals surface area contributed by atoms with Crippen LogP contribution in [-0.4, -0.2) is 7.85 Å². The van der Waals surface area contributed by atoms with E-state index in [-0.39, 0.29) is 0 Å². The summed E-state index contributed by atoms with van der Waals surface area (Å²) in [6.45, 7) is 0. The normalized spacial score (nSPS) is 11.8. The van der Waals surface area contributed by atoms with Crippen LogP contribution in [0.4, 0.5) is 0 Å². The van der Waals surface area contributed by atoms with Gasteiger partial charge in [-0.25, -0.2) is 0 Å². The van der Waals surface area contributed by atoms with Gasteiger partial charge < -0.3 is 0 Å². The monoisotopic (exact) mass is 214 g/mol. The summed E-state index contributed by atoms with van der Waals surface area (Å²) >= 11 is 0. The van der Waals surface area contributed by atoms with Crippen LogP contribution in [0.15, 0.2) is 54.6 Å². The molecule has 17 heavy (non-hydrogen) atoms. The maximum atomic E-state index is 2.30. The van der Waals surface area contributed by atoms with Crippen LogP contribution >= 0.6 is 0 Å². The Hall–Kier alpha value is -2.02. The van der Waals surface area contributed by atoms with E-state index in [9.17, 15) is 0 Å². The Morgan fingerprint density at radius 3 is 2.12 bits per heavy atom. The van der Waals surface area contributed by atoms with Crippen LogP contribution in [-0.2, 0) is 0 Å². The molecule has 4 rings (SSSR count). The molecule has 1 aliphatic rings. The molecule has 0 radical (unpaired) electrons. The lowest BCUT2D eigenvalue weighted by Crippen LogP contribution is -2.00. The van der Waals surface area contributed by atoms with Crippen LogP contribution in [0.3, 0.4) is 0 Å². The van der Waals surface area contributed by atoms with E-state index < -0.39 is 0 Å². The van der Waals surface area contributed by atoms with E-state index in [0.717, 1.165) is 0 Å². The van der Waals surface area contributed by atoms with E-state index >= 15 is 0 Å². The van der Waals surface area contributed by atoms with E-state index in [4.69, 9.17) is 0 Å². The number of rotatable bonds is 0. The zero-order valence-electron chi connectivity index (χ0n) is 9.70. The van der Waals surface area contributed by atoms with E-state index in [1.807, 2.05) is 0 Å². The lowest BCUT2D eigenvalue weighted by atomic mass is 9.91. The Labute approximate surface area is 101 Å². The van der Waals surface area contributed by atoms with Crippen LogP contribution in [0.5, 0.6) is 0 Å². The summed E-state index contributed by atoms with van der Waals surface area (Å²) in [6, 6.07) is 19.9. The van der Waals surface area contributed by atoms with E-state index in [1.54, 1.807) is 0 Å². The minimum Gasteiger partial charge on any atom is -0.0883 e. The van der Waals surface area contributed by atoms with Gasteiger partial charge in [0, 0.05) is 0 Å². The van der Waals surface area contributed by atoms with Crippen molar-refractivity contribution in [1.82, 2.24) is 0 Å². The summed E-state index contributed by atoms with van der Waals surface area (Å²) in [5.74, 6) is 0. The third kappa shape index (κ3) is 1.09. The number of fused-ring (bicyclic) bond motifs is 3. The maximum Gasteiger partial charge on any atom is 0.139 e. The molecule has 0 aliphatic heterocycles. The van der Waals surface area contributed by atoms with Gasteiger partial charge in [-0.15, -0.1) is 0 Å². The van der Waals surface area contributed by atoms with Crippen molar-refractivity contribution in [2.75, 3.05) is 0 Å². The second kappa shape index (κ2) is 3.01. The van der Waals surface area contributed by atoms with Gasteiger partial charge in [0.15, 0.2) is 0 Å². The highest BCUT2D eigenvalue weighted by Gasteiger charge is 2.20.